The van der Waals surface area contributed by atoms with Crippen LogP contribution < -0.4 is 10.6 Å². The summed E-state index contributed by atoms with van der Waals surface area (Å²) in [5.41, 5.74) is 6.69. The molecule has 1 aliphatic heterocycles. The maximum Gasteiger partial charge on any atom is 0.261 e. The SMILES string of the molecule is CS(=O)(=O)c1cc(F)ccc1N(Cc1ccc2cc(F)c(N)nc2c1)C(=O)c1cnc(C2CCOCC2)nc1. The Morgan fingerprint density at radius 1 is 1.08 bits per heavy atom. The summed E-state index contributed by atoms with van der Waals surface area (Å²) in [5, 5.41) is 0.499. The zero-order valence-electron chi connectivity index (χ0n) is 21.0. The average molecular weight is 554 g/mol. The van der Waals surface area contributed by atoms with Gasteiger partial charge in [-0.25, -0.2) is 32.2 Å². The normalized spacial score (nSPS) is 14.4. The number of nitrogens with zero attached hydrogens (tertiary/aromatic N) is 4. The number of fused-ring (bicyclic) bond motifs is 1. The summed E-state index contributed by atoms with van der Waals surface area (Å²) in [7, 11) is -3.92. The van der Waals surface area contributed by atoms with Crippen LogP contribution in [0, 0.1) is 11.6 Å². The molecule has 4 aromatic rings. The van der Waals surface area contributed by atoms with Crippen molar-refractivity contribution in [3.63, 3.8) is 0 Å². The number of carbonyl (C=O) groups is 1. The van der Waals surface area contributed by atoms with E-state index in [-0.39, 0.29) is 34.4 Å². The Morgan fingerprint density at radius 2 is 1.79 bits per heavy atom. The molecule has 0 saturated carbocycles. The van der Waals surface area contributed by atoms with Crippen molar-refractivity contribution in [1.82, 2.24) is 15.0 Å². The van der Waals surface area contributed by atoms with Crippen LogP contribution in [0.1, 0.15) is 40.5 Å². The van der Waals surface area contributed by atoms with Gasteiger partial charge in [0, 0.05) is 43.2 Å². The van der Waals surface area contributed by atoms with Gasteiger partial charge < -0.3 is 15.4 Å². The molecule has 5 rings (SSSR count). The lowest BCUT2D eigenvalue weighted by molar-refractivity contribution is 0.0835. The number of pyridine rings is 1. The third-order valence-corrected chi connectivity index (χ3v) is 7.69. The quantitative estimate of drug-likeness (QED) is 0.379. The molecule has 2 aromatic carbocycles. The first-order valence-electron chi connectivity index (χ1n) is 12.2. The van der Waals surface area contributed by atoms with Gasteiger partial charge in [-0.2, -0.15) is 0 Å². The molecule has 1 saturated heterocycles. The predicted octanol–water partition coefficient (Wildman–Crippen LogP) is 4.03. The van der Waals surface area contributed by atoms with E-state index in [0.29, 0.717) is 35.5 Å². The zero-order chi connectivity index (χ0) is 27.7. The minimum absolute atomic E-state index is 0.0101. The molecule has 9 nitrogen and oxygen atoms in total. The molecule has 2 aromatic heterocycles. The van der Waals surface area contributed by atoms with E-state index in [9.17, 15) is 22.0 Å². The maximum atomic E-state index is 14.1. The van der Waals surface area contributed by atoms with E-state index in [4.69, 9.17) is 10.5 Å². The van der Waals surface area contributed by atoms with Crippen molar-refractivity contribution in [2.45, 2.75) is 30.2 Å². The smallest absolute Gasteiger partial charge is 0.261 e. The van der Waals surface area contributed by atoms with Crippen molar-refractivity contribution < 1.29 is 26.7 Å². The molecule has 2 N–H and O–H groups in total. The second kappa shape index (κ2) is 10.6. The van der Waals surface area contributed by atoms with E-state index >= 15 is 0 Å². The van der Waals surface area contributed by atoms with Gasteiger partial charge >= 0.3 is 0 Å². The first-order valence-corrected chi connectivity index (χ1v) is 14.0. The van der Waals surface area contributed by atoms with Gasteiger partial charge in [0.05, 0.1) is 28.2 Å². The third-order valence-electron chi connectivity index (χ3n) is 6.57. The predicted molar refractivity (Wildman–Crippen MR) is 141 cm³/mol. The fourth-order valence-corrected chi connectivity index (χ4v) is 5.41. The van der Waals surface area contributed by atoms with Gasteiger partial charge in [0.15, 0.2) is 21.5 Å². The highest BCUT2D eigenvalue weighted by molar-refractivity contribution is 7.90. The van der Waals surface area contributed by atoms with Crippen LogP contribution in [0.2, 0.25) is 0 Å². The molecule has 0 spiro atoms. The molecule has 1 amide bonds. The van der Waals surface area contributed by atoms with Crippen molar-refractivity contribution >= 4 is 38.2 Å². The number of amides is 1. The minimum Gasteiger partial charge on any atom is -0.381 e. The van der Waals surface area contributed by atoms with E-state index in [0.717, 1.165) is 31.2 Å². The molecule has 1 fully saturated rings. The van der Waals surface area contributed by atoms with Gasteiger partial charge in [0.25, 0.3) is 5.91 Å². The summed E-state index contributed by atoms with van der Waals surface area (Å²) < 4.78 is 58.5. The lowest BCUT2D eigenvalue weighted by atomic mass is 9.99. The number of ether oxygens (including phenoxy) is 1. The van der Waals surface area contributed by atoms with Crippen LogP contribution in [0.4, 0.5) is 20.3 Å². The first-order chi connectivity index (χ1) is 18.6. The number of carbonyl (C=O) groups excluding carboxylic acids is 1. The fourth-order valence-electron chi connectivity index (χ4n) is 4.53. The van der Waals surface area contributed by atoms with Gasteiger partial charge in [0.2, 0.25) is 0 Å². The topological polar surface area (TPSA) is 128 Å². The molecule has 0 atom stereocenters. The number of hydrogen-bond donors (Lipinski definition) is 1. The molecule has 0 aliphatic carbocycles. The zero-order valence-corrected chi connectivity index (χ0v) is 21.8. The Balaban J connectivity index is 1.56. The molecule has 0 radical (unpaired) electrons. The van der Waals surface area contributed by atoms with Gasteiger partial charge in [-0.05, 0) is 48.7 Å². The lowest BCUT2D eigenvalue weighted by Gasteiger charge is -2.25. The Morgan fingerprint density at radius 3 is 2.49 bits per heavy atom. The number of rotatable bonds is 6. The summed E-state index contributed by atoms with van der Waals surface area (Å²) in [4.78, 5) is 27.6. The van der Waals surface area contributed by atoms with Gasteiger partial charge in [-0.15, -0.1) is 0 Å². The first kappa shape index (κ1) is 26.6. The molecule has 202 valence electrons. The number of anilines is 2. The highest BCUT2D eigenvalue weighted by atomic mass is 32.2. The number of nitrogen functional groups attached to an aromatic ring is 1. The lowest BCUT2D eigenvalue weighted by Crippen LogP contribution is -2.32. The summed E-state index contributed by atoms with van der Waals surface area (Å²) in [5.74, 6) is -1.55. The highest BCUT2D eigenvalue weighted by Crippen LogP contribution is 2.30. The van der Waals surface area contributed by atoms with Crippen LogP contribution in [-0.4, -0.2) is 48.7 Å². The summed E-state index contributed by atoms with van der Waals surface area (Å²) in [6, 6.07) is 9.36. The number of aromatic nitrogens is 3. The van der Waals surface area contributed by atoms with Crippen molar-refractivity contribution in [1.29, 1.82) is 0 Å². The van der Waals surface area contributed by atoms with Crippen molar-refractivity contribution in [3.8, 4) is 0 Å². The number of hydrogen-bond acceptors (Lipinski definition) is 8. The maximum absolute atomic E-state index is 14.1. The Kier molecular flexibility index (Phi) is 7.23. The fraction of sp³-hybridized carbons (Fsp3) is 0.259. The molecule has 39 heavy (non-hydrogen) atoms. The minimum atomic E-state index is -3.92. The van der Waals surface area contributed by atoms with E-state index in [1.807, 2.05) is 0 Å². The van der Waals surface area contributed by atoms with E-state index < -0.39 is 27.4 Å². The number of sulfone groups is 1. The summed E-state index contributed by atoms with van der Waals surface area (Å²) in [6.07, 6.45) is 5.30. The van der Waals surface area contributed by atoms with Gasteiger partial charge in [0.1, 0.15) is 11.6 Å². The summed E-state index contributed by atoms with van der Waals surface area (Å²) in [6.45, 7) is 1.12. The Bertz CT molecular complexity index is 1660. The second-order valence-electron chi connectivity index (χ2n) is 9.37. The van der Waals surface area contributed by atoms with Crippen LogP contribution in [0.3, 0.4) is 0 Å². The van der Waals surface area contributed by atoms with E-state index in [1.54, 1.807) is 18.2 Å². The molecule has 0 unspecified atom stereocenters. The molecule has 3 heterocycles. The largest absolute Gasteiger partial charge is 0.381 e. The Labute approximate surface area is 223 Å². The van der Waals surface area contributed by atoms with Crippen molar-refractivity contribution in [2.75, 3.05) is 30.1 Å². The molecule has 1 aliphatic rings. The number of halogens is 2. The summed E-state index contributed by atoms with van der Waals surface area (Å²) >= 11 is 0. The molecular formula is C27H25F2N5O4S. The van der Waals surface area contributed by atoms with Gasteiger partial charge in [-0.1, -0.05) is 12.1 Å². The van der Waals surface area contributed by atoms with E-state index in [1.165, 1.54) is 29.4 Å². The van der Waals surface area contributed by atoms with E-state index in [2.05, 4.69) is 15.0 Å². The van der Waals surface area contributed by atoms with Crippen LogP contribution in [0.25, 0.3) is 10.9 Å². The third kappa shape index (κ3) is 5.71. The van der Waals surface area contributed by atoms with Crippen molar-refractivity contribution in [3.05, 3.63) is 83.4 Å². The van der Waals surface area contributed by atoms with Crippen LogP contribution in [-0.2, 0) is 21.1 Å². The molecular weight excluding hydrogens is 528 g/mol. The standard InChI is InChI=1S/C27H25F2N5O4S/c1-39(36,37)24-12-20(28)4-5-23(24)34(15-16-2-3-18-11-21(29)25(30)33-22(18)10-16)27(35)19-13-31-26(32-14-19)17-6-8-38-9-7-17/h2-5,10-14,17H,6-9,15H2,1H3,(H2,30,33). The van der Waals surface area contributed by atoms with Crippen LogP contribution in [0.5, 0.6) is 0 Å². The molecule has 12 heteroatoms. The second-order valence-corrected chi connectivity index (χ2v) is 11.4. The highest BCUT2D eigenvalue weighted by Gasteiger charge is 2.27. The average Bonchev–Trinajstić information content (AvgIpc) is 2.92. The van der Waals surface area contributed by atoms with Crippen molar-refractivity contribution in [2.24, 2.45) is 0 Å². The Hall–Kier alpha value is -4.03. The van der Waals surface area contributed by atoms with Gasteiger partial charge in [-0.3, -0.25) is 4.79 Å². The number of benzene rings is 2. The van der Waals surface area contributed by atoms with Crippen LogP contribution >= 0.6 is 0 Å². The van der Waals surface area contributed by atoms with Crippen LogP contribution in [0.15, 0.2) is 59.8 Å². The number of nitrogens with two attached hydrogens (primary N) is 1. The monoisotopic (exact) mass is 553 g/mol. The molecule has 0 bridgehead atoms.